The molecule has 0 bridgehead atoms. The van der Waals surface area contributed by atoms with E-state index in [1.54, 1.807) is 0 Å². The molecule has 1 heterocycles. The maximum absolute atomic E-state index is 5.54. The van der Waals surface area contributed by atoms with Crippen LogP contribution in [0.5, 0.6) is 6.01 Å². The molecule has 0 fully saturated rings. The molecular formula is C17H30N2O. The van der Waals surface area contributed by atoms with Gasteiger partial charge in [-0.1, -0.05) is 58.8 Å². The second-order valence-corrected chi connectivity index (χ2v) is 5.45. The smallest absolute Gasteiger partial charge is 0.316 e. The summed E-state index contributed by atoms with van der Waals surface area (Å²) in [6, 6.07) is 0.524. The third kappa shape index (κ3) is 8.13. The van der Waals surface area contributed by atoms with Crippen LogP contribution in [0.2, 0.25) is 0 Å². The van der Waals surface area contributed by atoms with E-state index in [0.717, 1.165) is 19.4 Å². The number of hydrogen-bond donors (Lipinski definition) is 0. The Morgan fingerprint density at radius 3 is 2.05 bits per heavy atom. The molecule has 3 heteroatoms. The molecule has 0 aromatic carbocycles. The van der Waals surface area contributed by atoms with Gasteiger partial charge in [0.05, 0.1) is 6.61 Å². The topological polar surface area (TPSA) is 35.0 Å². The first-order valence-electron chi connectivity index (χ1n) is 8.30. The number of nitrogens with zero attached hydrogens (tertiary/aromatic N) is 2. The van der Waals surface area contributed by atoms with Gasteiger partial charge < -0.3 is 4.74 Å². The largest absolute Gasteiger partial charge is 0.463 e. The lowest BCUT2D eigenvalue weighted by atomic mass is 10.1. The van der Waals surface area contributed by atoms with Crippen LogP contribution < -0.4 is 4.74 Å². The van der Waals surface area contributed by atoms with Crippen LogP contribution in [0.25, 0.3) is 0 Å². The van der Waals surface area contributed by atoms with Crippen molar-refractivity contribution in [3.63, 3.8) is 0 Å². The van der Waals surface area contributed by atoms with Gasteiger partial charge in [-0.2, -0.15) is 0 Å². The van der Waals surface area contributed by atoms with E-state index in [-0.39, 0.29) is 0 Å². The summed E-state index contributed by atoms with van der Waals surface area (Å²) >= 11 is 0. The molecule has 0 N–H and O–H groups in total. The minimum absolute atomic E-state index is 0.524. The maximum Gasteiger partial charge on any atom is 0.316 e. The Bertz CT molecular complexity index is 291. The highest BCUT2D eigenvalue weighted by atomic mass is 16.5. The number of aryl methyl sites for hydroxylation is 1. The van der Waals surface area contributed by atoms with Crippen LogP contribution in [-0.2, 0) is 6.42 Å². The van der Waals surface area contributed by atoms with E-state index in [0.29, 0.717) is 6.01 Å². The van der Waals surface area contributed by atoms with Gasteiger partial charge in [0.1, 0.15) is 0 Å². The SMILES string of the molecule is CCCCCCCc1cnc(OCCCCCC)nc1. The lowest BCUT2D eigenvalue weighted by Gasteiger charge is -2.05. The average molecular weight is 278 g/mol. The minimum Gasteiger partial charge on any atom is -0.463 e. The molecule has 0 spiro atoms. The molecule has 0 amide bonds. The van der Waals surface area contributed by atoms with E-state index in [4.69, 9.17) is 4.74 Å². The van der Waals surface area contributed by atoms with Crippen LogP contribution in [0.3, 0.4) is 0 Å². The standard InChI is InChI=1S/C17H30N2O/c1-3-5-7-9-10-12-16-14-18-17(19-15-16)20-13-11-8-6-4-2/h14-15H,3-13H2,1-2H3. The summed E-state index contributed by atoms with van der Waals surface area (Å²) in [6.07, 6.45) is 16.3. The molecule has 3 nitrogen and oxygen atoms in total. The van der Waals surface area contributed by atoms with Crippen LogP contribution in [0.1, 0.15) is 77.2 Å². The lowest BCUT2D eigenvalue weighted by Crippen LogP contribution is -2.01. The zero-order valence-electron chi connectivity index (χ0n) is 13.2. The molecule has 1 aromatic heterocycles. The summed E-state index contributed by atoms with van der Waals surface area (Å²) in [7, 11) is 0. The van der Waals surface area contributed by atoms with Crippen molar-refractivity contribution in [2.75, 3.05) is 6.61 Å². The molecule has 0 aliphatic carbocycles. The van der Waals surface area contributed by atoms with Gasteiger partial charge in [0.15, 0.2) is 0 Å². The Kier molecular flexibility index (Phi) is 9.89. The molecule has 0 saturated heterocycles. The number of aromatic nitrogens is 2. The Morgan fingerprint density at radius 2 is 1.40 bits per heavy atom. The fraction of sp³-hybridized carbons (Fsp3) is 0.765. The molecule has 0 aliphatic rings. The van der Waals surface area contributed by atoms with E-state index in [2.05, 4.69) is 23.8 Å². The molecular weight excluding hydrogens is 248 g/mol. The Labute approximate surface area is 124 Å². The zero-order valence-corrected chi connectivity index (χ0v) is 13.2. The van der Waals surface area contributed by atoms with Crippen LogP contribution in [0.15, 0.2) is 12.4 Å². The molecule has 0 unspecified atom stereocenters. The van der Waals surface area contributed by atoms with Gasteiger partial charge in [-0.15, -0.1) is 0 Å². The van der Waals surface area contributed by atoms with Crippen LogP contribution in [-0.4, -0.2) is 16.6 Å². The van der Waals surface area contributed by atoms with Crippen molar-refractivity contribution in [1.29, 1.82) is 0 Å². The highest BCUT2D eigenvalue weighted by molar-refractivity contribution is 5.07. The second-order valence-electron chi connectivity index (χ2n) is 5.45. The summed E-state index contributed by atoms with van der Waals surface area (Å²) in [5.41, 5.74) is 1.22. The first kappa shape index (κ1) is 16.9. The van der Waals surface area contributed by atoms with Gasteiger partial charge in [0, 0.05) is 12.4 Å². The van der Waals surface area contributed by atoms with Gasteiger partial charge in [-0.25, -0.2) is 9.97 Å². The fourth-order valence-corrected chi connectivity index (χ4v) is 2.17. The second kappa shape index (κ2) is 11.7. The van der Waals surface area contributed by atoms with E-state index >= 15 is 0 Å². The van der Waals surface area contributed by atoms with E-state index in [1.807, 2.05) is 12.4 Å². The first-order valence-corrected chi connectivity index (χ1v) is 8.30. The highest BCUT2D eigenvalue weighted by Gasteiger charge is 1.99. The van der Waals surface area contributed by atoms with E-state index in [9.17, 15) is 0 Å². The summed E-state index contributed by atoms with van der Waals surface area (Å²) in [5.74, 6) is 0. The molecule has 1 aromatic rings. The first-order chi connectivity index (χ1) is 9.86. The molecule has 0 radical (unpaired) electrons. The van der Waals surface area contributed by atoms with Gasteiger partial charge in [0.2, 0.25) is 0 Å². The van der Waals surface area contributed by atoms with Crippen LogP contribution >= 0.6 is 0 Å². The third-order valence-electron chi connectivity index (χ3n) is 3.48. The summed E-state index contributed by atoms with van der Waals surface area (Å²) < 4.78 is 5.54. The van der Waals surface area contributed by atoms with Crippen molar-refractivity contribution in [3.8, 4) is 6.01 Å². The normalized spacial score (nSPS) is 10.7. The van der Waals surface area contributed by atoms with Crippen molar-refractivity contribution in [1.82, 2.24) is 9.97 Å². The van der Waals surface area contributed by atoms with Crippen molar-refractivity contribution in [3.05, 3.63) is 18.0 Å². The lowest BCUT2D eigenvalue weighted by molar-refractivity contribution is 0.281. The van der Waals surface area contributed by atoms with Crippen LogP contribution in [0.4, 0.5) is 0 Å². The molecule has 20 heavy (non-hydrogen) atoms. The molecule has 0 saturated carbocycles. The predicted molar refractivity (Wildman–Crippen MR) is 84.1 cm³/mol. The Hall–Kier alpha value is -1.12. The predicted octanol–water partition coefficient (Wildman–Crippen LogP) is 4.95. The Morgan fingerprint density at radius 1 is 0.800 bits per heavy atom. The average Bonchev–Trinajstić information content (AvgIpc) is 2.48. The van der Waals surface area contributed by atoms with Gasteiger partial charge >= 0.3 is 6.01 Å². The van der Waals surface area contributed by atoms with Gasteiger partial charge in [-0.05, 0) is 24.8 Å². The van der Waals surface area contributed by atoms with Crippen molar-refractivity contribution >= 4 is 0 Å². The molecule has 114 valence electrons. The Balaban J connectivity index is 2.13. The molecule has 0 aliphatic heterocycles. The minimum atomic E-state index is 0.524. The molecule has 0 atom stereocenters. The fourth-order valence-electron chi connectivity index (χ4n) is 2.17. The maximum atomic E-state index is 5.54. The quantitative estimate of drug-likeness (QED) is 0.507. The summed E-state index contributed by atoms with van der Waals surface area (Å²) in [4.78, 5) is 8.56. The van der Waals surface area contributed by atoms with Crippen LogP contribution in [0, 0.1) is 0 Å². The number of rotatable bonds is 12. The van der Waals surface area contributed by atoms with Crippen molar-refractivity contribution in [2.45, 2.75) is 78.1 Å². The van der Waals surface area contributed by atoms with E-state index < -0.39 is 0 Å². The van der Waals surface area contributed by atoms with Gasteiger partial charge in [-0.3, -0.25) is 0 Å². The number of ether oxygens (including phenoxy) is 1. The summed E-state index contributed by atoms with van der Waals surface area (Å²) in [5, 5.41) is 0. The molecule has 1 rings (SSSR count). The van der Waals surface area contributed by atoms with Crippen molar-refractivity contribution < 1.29 is 4.74 Å². The highest BCUT2D eigenvalue weighted by Crippen LogP contribution is 2.09. The number of unbranched alkanes of at least 4 members (excludes halogenated alkanes) is 7. The third-order valence-corrected chi connectivity index (χ3v) is 3.48. The van der Waals surface area contributed by atoms with Gasteiger partial charge in [0.25, 0.3) is 0 Å². The van der Waals surface area contributed by atoms with E-state index in [1.165, 1.54) is 56.9 Å². The number of hydrogen-bond acceptors (Lipinski definition) is 3. The monoisotopic (exact) mass is 278 g/mol. The zero-order chi connectivity index (χ0) is 14.5. The van der Waals surface area contributed by atoms with Crippen molar-refractivity contribution in [2.24, 2.45) is 0 Å². The summed E-state index contributed by atoms with van der Waals surface area (Å²) in [6.45, 7) is 5.19.